The van der Waals surface area contributed by atoms with E-state index < -0.39 is 37.7 Å². The van der Waals surface area contributed by atoms with Crippen LogP contribution in [0.3, 0.4) is 0 Å². The van der Waals surface area contributed by atoms with Crippen LogP contribution in [-0.4, -0.2) is 65.1 Å². The molecule has 2 amide bonds. The topological polar surface area (TPSA) is 167 Å². The fourth-order valence-corrected chi connectivity index (χ4v) is 7.89. The number of nitrogens with zero attached hydrogens (tertiary/aromatic N) is 1. The van der Waals surface area contributed by atoms with Crippen molar-refractivity contribution in [3.8, 4) is 5.75 Å². The second-order valence-corrected chi connectivity index (χ2v) is 22.6. The number of hydrogen-bond donors (Lipinski definition) is 4. The summed E-state index contributed by atoms with van der Waals surface area (Å²) < 4.78 is 19.3. The molecule has 4 N–H and O–H groups in total. The highest BCUT2D eigenvalue weighted by Crippen LogP contribution is 2.42. The summed E-state index contributed by atoms with van der Waals surface area (Å²) in [5.41, 5.74) is -0.480. The number of aromatic nitrogens is 1. The van der Waals surface area contributed by atoms with Crippen molar-refractivity contribution in [2.75, 3.05) is 18.4 Å². The Morgan fingerprint density at radius 2 is 1.48 bits per heavy atom. The Balaban J connectivity index is 1.37. The maximum atomic E-state index is 14.0. The van der Waals surface area contributed by atoms with Crippen LogP contribution in [0, 0.1) is 0 Å². The van der Waals surface area contributed by atoms with Gasteiger partial charge in [-0.05, 0) is 92.7 Å². The summed E-state index contributed by atoms with van der Waals surface area (Å²) in [5.74, 6) is -1.25. The molecule has 0 saturated carbocycles. The van der Waals surface area contributed by atoms with Crippen molar-refractivity contribution in [2.45, 2.75) is 103 Å². The number of unbranched alkanes of at least 4 members (excludes halogenated alkanes) is 1. The lowest BCUT2D eigenvalue weighted by molar-refractivity contribution is -0.155. The highest BCUT2D eigenvalue weighted by atomic mass is 28.4. The van der Waals surface area contributed by atoms with E-state index in [1.807, 2.05) is 42.5 Å². The highest BCUT2D eigenvalue weighted by molar-refractivity contribution is 6.74. The van der Waals surface area contributed by atoms with Gasteiger partial charge in [0.15, 0.2) is 8.32 Å². The zero-order valence-corrected chi connectivity index (χ0v) is 37.4. The quantitative estimate of drug-likeness (QED) is 0.0526. The zero-order chi connectivity index (χ0) is 44.6. The Labute approximate surface area is 359 Å². The first-order valence-electron chi connectivity index (χ1n) is 20.6. The number of aromatic amines is 1. The van der Waals surface area contributed by atoms with Gasteiger partial charge < -0.3 is 39.3 Å². The van der Waals surface area contributed by atoms with Crippen molar-refractivity contribution in [2.24, 2.45) is 0 Å². The molecule has 324 valence electrons. The van der Waals surface area contributed by atoms with Crippen molar-refractivity contribution in [1.29, 1.82) is 0 Å². The monoisotopic (exact) mass is 849 g/mol. The molecule has 5 aromatic rings. The molecule has 0 saturated heterocycles. The number of pyridine rings is 1. The van der Waals surface area contributed by atoms with E-state index in [0.29, 0.717) is 36.4 Å². The maximum absolute atomic E-state index is 14.0. The van der Waals surface area contributed by atoms with Gasteiger partial charge in [0.25, 0.3) is 0 Å². The van der Waals surface area contributed by atoms with Crippen LogP contribution in [0.2, 0.25) is 18.1 Å². The minimum Gasteiger partial charge on any atom is -0.487 e. The third kappa shape index (κ3) is 12.0. The number of nitrogens with one attached hydrogen (secondary N) is 2. The van der Waals surface area contributed by atoms with E-state index in [2.05, 4.69) is 44.2 Å². The van der Waals surface area contributed by atoms with Crippen LogP contribution >= 0.6 is 0 Å². The largest absolute Gasteiger partial charge is 0.487 e. The minimum atomic E-state index is -2.49. The van der Waals surface area contributed by atoms with E-state index in [-0.39, 0.29) is 47.1 Å². The van der Waals surface area contributed by atoms with Crippen LogP contribution in [0.4, 0.5) is 10.5 Å². The Morgan fingerprint density at radius 1 is 0.820 bits per heavy atom. The summed E-state index contributed by atoms with van der Waals surface area (Å²) in [7, 11) is -2.49. The Hall–Kier alpha value is -5.76. The number of carboxylic acid groups (broad SMARTS) is 1. The van der Waals surface area contributed by atoms with Crippen LogP contribution in [-0.2, 0) is 31.0 Å². The number of aliphatic carboxylic acids is 1. The number of ether oxygens (including phenoxy) is 2. The average molecular weight is 850 g/mol. The van der Waals surface area contributed by atoms with Crippen LogP contribution < -0.4 is 15.6 Å². The van der Waals surface area contributed by atoms with Crippen LogP contribution in [0.1, 0.15) is 89.2 Å². The highest BCUT2D eigenvalue weighted by Gasteiger charge is 2.42. The van der Waals surface area contributed by atoms with Gasteiger partial charge in [-0.15, -0.1) is 0 Å². The SMILES string of the molecule is CC(C)(C)OC(=O)N(CCCCC(=O)Nc1cccc(C(O)(C(=O)O)c2ccccc2)c1)CC(O[Si](C)(C)C(C)(C)C)c1ccc(OCc2ccccc2)c2[nH]c(=O)ccc12. The van der Waals surface area contributed by atoms with Crippen LogP contribution in [0.25, 0.3) is 10.9 Å². The predicted molar refractivity (Wildman–Crippen MR) is 240 cm³/mol. The standard InChI is InChI=1S/C48H59N3O9Si/c1-46(2,3)59-45(56)51(29-16-15-24-41(52)49-36-23-17-22-35(30-36)48(57,44(54)55)34-20-13-10-14-21-34)31-40(60-61(7,8)47(4,5)6)37-25-27-39(43-38(37)26-28-42(53)50-43)58-32-33-18-11-9-12-19-33/h9-14,17-23,25-28,30,40,57H,15-16,24,29,31-32H2,1-8H3,(H,49,52)(H,50,53)(H,54,55). The molecule has 1 aromatic heterocycles. The predicted octanol–water partition coefficient (Wildman–Crippen LogP) is 9.54. The zero-order valence-electron chi connectivity index (χ0n) is 36.4. The van der Waals surface area contributed by atoms with E-state index in [4.69, 9.17) is 13.9 Å². The molecule has 2 atom stereocenters. The van der Waals surface area contributed by atoms with Gasteiger partial charge in [0.05, 0.1) is 18.2 Å². The molecule has 0 radical (unpaired) electrons. The smallest absolute Gasteiger partial charge is 0.410 e. The van der Waals surface area contributed by atoms with Gasteiger partial charge in [0, 0.05) is 35.7 Å². The minimum absolute atomic E-state index is 0.0972. The Bertz CT molecular complexity index is 2350. The lowest BCUT2D eigenvalue weighted by Crippen LogP contribution is -2.46. The number of fused-ring (bicyclic) bond motifs is 1. The number of carbonyl (C=O) groups is 3. The number of amides is 2. The molecule has 2 unspecified atom stereocenters. The molecule has 13 heteroatoms. The molecule has 0 aliphatic rings. The number of H-pyrrole nitrogens is 1. The fourth-order valence-electron chi connectivity index (χ4n) is 6.63. The number of anilines is 1. The second kappa shape index (κ2) is 19.3. The van der Waals surface area contributed by atoms with Crippen molar-refractivity contribution in [3.05, 3.63) is 142 Å². The number of aliphatic hydroxyl groups is 1. The molecule has 0 aliphatic heterocycles. The molecule has 0 spiro atoms. The normalized spacial score (nSPS) is 13.5. The molecule has 5 rings (SSSR count). The van der Waals surface area contributed by atoms with Crippen molar-refractivity contribution < 1.29 is 38.5 Å². The third-order valence-corrected chi connectivity index (χ3v) is 15.4. The lowest BCUT2D eigenvalue weighted by Gasteiger charge is -2.41. The molecule has 12 nitrogen and oxygen atoms in total. The second-order valence-electron chi connectivity index (χ2n) is 17.8. The van der Waals surface area contributed by atoms with E-state index in [9.17, 15) is 29.4 Å². The van der Waals surface area contributed by atoms with E-state index in [0.717, 1.165) is 16.5 Å². The maximum Gasteiger partial charge on any atom is 0.410 e. The van der Waals surface area contributed by atoms with Crippen molar-refractivity contribution in [1.82, 2.24) is 9.88 Å². The number of hydrogen-bond acceptors (Lipinski definition) is 8. The summed E-state index contributed by atoms with van der Waals surface area (Å²) in [5, 5.41) is 24.7. The molecule has 0 bridgehead atoms. The van der Waals surface area contributed by atoms with E-state index in [1.165, 1.54) is 30.3 Å². The van der Waals surface area contributed by atoms with Crippen molar-refractivity contribution >= 4 is 42.9 Å². The number of carbonyl (C=O) groups excluding carboxylic acids is 2. The average Bonchev–Trinajstić information content (AvgIpc) is 3.19. The number of carboxylic acids is 1. The summed E-state index contributed by atoms with van der Waals surface area (Å²) in [4.78, 5) is 56.8. The summed E-state index contributed by atoms with van der Waals surface area (Å²) in [6, 6.07) is 31.0. The first-order chi connectivity index (χ1) is 28.7. The van der Waals surface area contributed by atoms with Gasteiger partial charge in [0.2, 0.25) is 17.1 Å². The van der Waals surface area contributed by atoms with E-state index >= 15 is 0 Å². The van der Waals surface area contributed by atoms with Gasteiger partial charge in [-0.25, -0.2) is 9.59 Å². The molecular formula is C48H59N3O9Si. The number of rotatable bonds is 17. The molecule has 4 aromatic carbocycles. The summed E-state index contributed by atoms with van der Waals surface area (Å²) >= 11 is 0. The van der Waals surface area contributed by atoms with Crippen LogP contribution in [0.15, 0.2) is 114 Å². The van der Waals surface area contributed by atoms with Gasteiger partial charge in [0.1, 0.15) is 18.0 Å². The van der Waals surface area contributed by atoms with Crippen LogP contribution in [0.5, 0.6) is 5.75 Å². The molecule has 0 fully saturated rings. The van der Waals surface area contributed by atoms with Gasteiger partial charge in [-0.1, -0.05) is 99.6 Å². The first-order valence-corrected chi connectivity index (χ1v) is 23.5. The Morgan fingerprint density at radius 3 is 2.11 bits per heavy atom. The van der Waals surface area contributed by atoms with Gasteiger partial charge in [-0.3, -0.25) is 9.59 Å². The van der Waals surface area contributed by atoms with Crippen molar-refractivity contribution in [3.63, 3.8) is 0 Å². The van der Waals surface area contributed by atoms with E-state index in [1.54, 1.807) is 62.1 Å². The summed E-state index contributed by atoms with van der Waals surface area (Å²) in [6.45, 7) is 16.9. The molecular weight excluding hydrogens is 791 g/mol. The lowest BCUT2D eigenvalue weighted by atomic mass is 9.86. The molecule has 61 heavy (non-hydrogen) atoms. The first kappa shape index (κ1) is 46.3. The molecule has 1 heterocycles. The summed E-state index contributed by atoms with van der Waals surface area (Å²) in [6.07, 6.45) is -0.171. The van der Waals surface area contributed by atoms with Gasteiger partial charge >= 0.3 is 12.1 Å². The fraction of sp³-hybridized carbons (Fsp3) is 0.375. The Kier molecular flexibility index (Phi) is 14.7. The van der Waals surface area contributed by atoms with Gasteiger partial charge in [-0.2, -0.15) is 0 Å². The molecule has 0 aliphatic carbocycles. The number of benzene rings is 4. The third-order valence-electron chi connectivity index (χ3n) is 10.9.